The topological polar surface area (TPSA) is 24.1 Å². The average molecular weight is 182 g/mol. The van der Waals surface area contributed by atoms with Gasteiger partial charge < -0.3 is 10.6 Å². The number of hydrogen-bond acceptors (Lipinski definition) is 2. The van der Waals surface area contributed by atoms with E-state index in [4.69, 9.17) is 0 Å². The maximum absolute atomic E-state index is 3.78. The van der Waals surface area contributed by atoms with Crippen LogP contribution >= 0.6 is 0 Å². The van der Waals surface area contributed by atoms with Crippen molar-refractivity contribution < 1.29 is 0 Å². The van der Waals surface area contributed by atoms with E-state index in [0.717, 1.165) is 18.0 Å². The molecule has 1 saturated heterocycles. The van der Waals surface area contributed by atoms with E-state index >= 15 is 0 Å². The van der Waals surface area contributed by atoms with Crippen molar-refractivity contribution in [1.29, 1.82) is 0 Å². The highest BCUT2D eigenvalue weighted by molar-refractivity contribution is 4.84. The van der Waals surface area contributed by atoms with Gasteiger partial charge in [-0.05, 0) is 51.6 Å². The number of piperidine rings is 1. The van der Waals surface area contributed by atoms with Gasteiger partial charge in [0.25, 0.3) is 0 Å². The van der Waals surface area contributed by atoms with Gasteiger partial charge in [-0.15, -0.1) is 0 Å². The van der Waals surface area contributed by atoms with Gasteiger partial charge in [0.15, 0.2) is 0 Å². The Balaban J connectivity index is 1.69. The summed E-state index contributed by atoms with van der Waals surface area (Å²) in [7, 11) is 0. The fraction of sp³-hybridized carbons (Fsp3) is 1.00. The second-order valence-electron chi connectivity index (χ2n) is 4.67. The van der Waals surface area contributed by atoms with E-state index in [-0.39, 0.29) is 0 Å². The first-order valence-corrected chi connectivity index (χ1v) is 5.83. The summed E-state index contributed by atoms with van der Waals surface area (Å²) in [6, 6.07) is 1.55. The maximum atomic E-state index is 3.78. The largest absolute Gasteiger partial charge is 0.317 e. The van der Waals surface area contributed by atoms with Crippen molar-refractivity contribution in [2.45, 2.75) is 51.1 Å². The highest BCUT2D eigenvalue weighted by atomic mass is 15.0. The van der Waals surface area contributed by atoms with E-state index in [9.17, 15) is 0 Å². The molecule has 0 bridgehead atoms. The minimum Gasteiger partial charge on any atom is -0.317 e. The van der Waals surface area contributed by atoms with Crippen molar-refractivity contribution in [1.82, 2.24) is 10.6 Å². The van der Waals surface area contributed by atoms with E-state index in [1.54, 1.807) is 0 Å². The summed E-state index contributed by atoms with van der Waals surface area (Å²) in [5.74, 6) is 0.981. The fourth-order valence-electron chi connectivity index (χ4n) is 2.44. The summed E-state index contributed by atoms with van der Waals surface area (Å²) in [6.45, 7) is 4.77. The smallest absolute Gasteiger partial charge is 0.00938 e. The summed E-state index contributed by atoms with van der Waals surface area (Å²) in [5.41, 5.74) is 0. The molecule has 76 valence electrons. The third-order valence-electron chi connectivity index (χ3n) is 3.69. The lowest BCUT2D eigenvalue weighted by molar-refractivity contribution is 0.214. The van der Waals surface area contributed by atoms with Crippen molar-refractivity contribution in [2.75, 3.05) is 13.1 Å². The van der Waals surface area contributed by atoms with E-state index in [2.05, 4.69) is 17.6 Å². The summed E-state index contributed by atoms with van der Waals surface area (Å²) in [6.07, 6.45) is 7.01. The standard InChI is InChI=1S/C11H22N2/c1-9(10-3-2-4-10)13-11-5-7-12-8-6-11/h9-13H,2-8H2,1H3. The Morgan fingerprint density at radius 1 is 1.15 bits per heavy atom. The molecule has 1 aliphatic carbocycles. The lowest BCUT2D eigenvalue weighted by Crippen LogP contribution is -2.47. The molecular formula is C11H22N2. The van der Waals surface area contributed by atoms with Gasteiger partial charge in [0.1, 0.15) is 0 Å². The van der Waals surface area contributed by atoms with Crippen LogP contribution < -0.4 is 10.6 Å². The second kappa shape index (κ2) is 4.43. The summed E-state index contributed by atoms with van der Waals surface area (Å²) < 4.78 is 0. The Kier molecular flexibility index (Phi) is 3.23. The Morgan fingerprint density at radius 2 is 1.85 bits per heavy atom. The molecule has 0 aromatic rings. The van der Waals surface area contributed by atoms with E-state index in [1.165, 1.54) is 45.2 Å². The number of nitrogens with one attached hydrogen (secondary N) is 2. The van der Waals surface area contributed by atoms with Gasteiger partial charge in [0, 0.05) is 12.1 Å². The zero-order valence-corrected chi connectivity index (χ0v) is 8.68. The lowest BCUT2D eigenvalue weighted by atomic mass is 9.80. The molecule has 2 heteroatoms. The molecule has 13 heavy (non-hydrogen) atoms. The Morgan fingerprint density at radius 3 is 2.38 bits per heavy atom. The Hall–Kier alpha value is -0.0800. The number of hydrogen-bond donors (Lipinski definition) is 2. The minimum atomic E-state index is 0.761. The molecule has 2 N–H and O–H groups in total. The van der Waals surface area contributed by atoms with E-state index in [0.29, 0.717) is 0 Å². The van der Waals surface area contributed by atoms with Gasteiger partial charge in [-0.3, -0.25) is 0 Å². The van der Waals surface area contributed by atoms with Crippen molar-refractivity contribution in [2.24, 2.45) is 5.92 Å². The van der Waals surface area contributed by atoms with Crippen molar-refractivity contribution in [3.8, 4) is 0 Å². The van der Waals surface area contributed by atoms with Gasteiger partial charge in [0.05, 0.1) is 0 Å². The monoisotopic (exact) mass is 182 g/mol. The van der Waals surface area contributed by atoms with Crippen LogP contribution in [0.25, 0.3) is 0 Å². The highest BCUT2D eigenvalue weighted by Gasteiger charge is 2.25. The molecule has 1 atom stereocenters. The quantitative estimate of drug-likeness (QED) is 0.691. The van der Waals surface area contributed by atoms with Gasteiger partial charge >= 0.3 is 0 Å². The SMILES string of the molecule is CC(NC1CCNCC1)C1CCC1. The molecule has 1 unspecified atom stereocenters. The van der Waals surface area contributed by atoms with Crippen molar-refractivity contribution in [3.05, 3.63) is 0 Å². The van der Waals surface area contributed by atoms with Gasteiger partial charge in [-0.25, -0.2) is 0 Å². The van der Waals surface area contributed by atoms with Crippen LogP contribution in [0.2, 0.25) is 0 Å². The van der Waals surface area contributed by atoms with Crippen LogP contribution in [0.15, 0.2) is 0 Å². The average Bonchev–Trinajstić information content (AvgIpc) is 2.02. The minimum absolute atomic E-state index is 0.761. The molecule has 1 heterocycles. The van der Waals surface area contributed by atoms with Crippen LogP contribution in [0.3, 0.4) is 0 Å². The van der Waals surface area contributed by atoms with Crippen LogP contribution in [0.4, 0.5) is 0 Å². The predicted octanol–water partition coefficient (Wildman–Crippen LogP) is 1.52. The summed E-state index contributed by atoms with van der Waals surface area (Å²) in [5, 5.41) is 7.19. The molecule has 0 amide bonds. The van der Waals surface area contributed by atoms with Crippen LogP contribution in [0.1, 0.15) is 39.0 Å². The predicted molar refractivity (Wildman–Crippen MR) is 55.8 cm³/mol. The first-order valence-electron chi connectivity index (χ1n) is 5.83. The third kappa shape index (κ3) is 2.44. The Bertz CT molecular complexity index is 148. The molecule has 0 aromatic carbocycles. The van der Waals surface area contributed by atoms with E-state index < -0.39 is 0 Å². The van der Waals surface area contributed by atoms with Crippen LogP contribution in [0, 0.1) is 5.92 Å². The molecular weight excluding hydrogens is 160 g/mol. The molecule has 1 aliphatic heterocycles. The zero-order valence-electron chi connectivity index (χ0n) is 8.68. The van der Waals surface area contributed by atoms with Crippen LogP contribution in [0.5, 0.6) is 0 Å². The number of rotatable bonds is 3. The molecule has 0 aromatic heterocycles. The second-order valence-corrected chi connectivity index (χ2v) is 4.67. The summed E-state index contributed by atoms with van der Waals surface area (Å²) >= 11 is 0. The molecule has 2 rings (SSSR count). The van der Waals surface area contributed by atoms with Gasteiger partial charge in [-0.1, -0.05) is 6.42 Å². The first kappa shape index (κ1) is 9.47. The Labute approximate surface area is 81.5 Å². The molecule has 0 radical (unpaired) electrons. The third-order valence-corrected chi connectivity index (χ3v) is 3.69. The van der Waals surface area contributed by atoms with Gasteiger partial charge in [0.2, 0.25) is 0 Å². The summed E-state index contributed by atoms with van der Waals surface area (Å²) in [4.78, 5) is 0. The first-order chi connectivity index (χ1) is 6.36. The van der Waals surface area contributed by atoms with Crippen molar-refractivity contribution in [3.63, 3.8) is 0 Å². The maximum Gasteiger partial charge on any atom is 0.00938 e. The highest BCUT2D eigenvalue weighted by Crippen LogP contribution is 2.29. The molecule has 2 fully saturated rings. The molecule has 1 saturated carbocycles. The van der Waals surface area contributed by atoms with E-state index in [1.807, 2.05) is 0 Å². The normalized spacial score (nSPS) is 28.4. The molecule has 2 aliphatic rings. The van der Waals surface area contributed by atoms with Crippen LogP contribution in [-0.2, 0) is 0 Å². The molecule has 0 spiro atoms. The zero-order chi connectivity index (χ0) is 9.10. The fourth-order valence-corrected chi connectivity index (χ4v) is 2.44. The lowest BCUT2D eigenvalue weighted by Gasteiger charge is -2.36. The van der Waals surface area contributed by atoms with Gasteiger partial charge in [-0.2, -0.15) is 0 Å². The molecule has 2 nitrogen and oxygen atoms in total. The van der Waals surface area contributed by atoms with Crippen molar-refractivity contribution >= 4 is 0 Å². The van der Waals surface area contributed by atoms with Crippen LogP contribution in [-0.4, -0.2) is 25.2 Å².